The maximum absolute atomic E-state index is 12.4. The Labute approximate surface area is 109 Å². The molecule has 18 heavy (non-hydrogen) atoms. The third-order valence-electron chi connectivity index (χ3n) is 4.04. The number of benzene rings is 1. The molecule has 98 valence electrons. The molecular formula is C16H22O2. The number of aliphatic hydroxyl groups is 1. The number of carbonyl (C=O) groups excluding carboxylic acids is 1. The van der Waals surface area contributed by atoms with Gasteiger partial charge in [0.25, 0.3) is 0 Å². The molecule has 0 aliphatic heterocycles. The lowest BCUT2D eigenvalue weighted by molar-refractivity contribution is 0.0931. The third-order valence-corrected chi connectivity index (χ3v) is 4.04. The summed E-state index contributed by atoms with van der Waals surface area (Å²) in [4.78, 5) is 12.4. The van der Waals surface area contributed by atoms with E-state index in [1.54, 1.807) is 0 Å². The quantitative estimate of drug-likeness (QED) is 0.782. The standard InChI is InChI=1S/C16H22O2/c1-3-4-10-13-14(11(2)17)15(13)16(18)12-8-6-5-7-9-12/h5-9,11,13-15,17H,3-4,10H2,1-2H3/t11-,13+,14-,15-/m1/s1. The molecule has 1 N–H and O–H groups in total. The highest BCUT2D eigenvalue weighted by molar-refractivity contribution is 6.00. The van der Waals surface area contributed by atoms with Gasteiger partial charge in [0.2, 0.25) is 0 Å². The van der Waals surface area contributed by atoms with Crippen molar-refractivity contribution in [3.63, 3.8) is 0 Å². The summed E-state index contributed by atoms with van der Waals surface area (Å²) in [5.41, 5.74) is 0.784. The van der Waals surface area contributed by atoms with Crippen LogP contribution in [0.2, 0.25) is 0 Å². The Balaban J connectivity index is 2.06. The number of unbranched alkanes of at least 4 members (excludes halogenated alkanes) is 1. The Morgan fingerprint density at radius 3 is 2.56 bits per heavy atom. The summed E-state index contributed by atoms with van der Waals surface area (Å²) < 4.78 is 0. The summed E-state index contributed by atoms with van der Waals surface area (Å²) in [7, 11) is 0. The molecule has 2 heteroatoms. The van der Waals surface area contributed by atoms with Gasteiger partial charge in [-0.3, -0.25) is 4.79 Å². The van der Waals surface area contributed by atoms with Gasteiger partial charge in [-0.2, -0.15) is 0 Å². The first-order valence-electron chi connectivity index (χ1n) is 6.94. The zero-order valence-electron chi connectivity index (χ0n) is 11.2. The molecule has 0 bridgehead atoms. The zero-order valence-corrected chi connectivity index (χ0v) is 11.2. The molecule has 1 aliphatic carbocycles. The summed E-state index contributed by atoms with van der Waals surface area (Å²) in [6.07, 6.45) is 2.99. The van der Waals surface area contributed by atoms with E-state index in [2.05, 4.69) is 6.92 Å². The number of hydrogen-bond donors (Lipinski definition) is 1. The van der Waals surface area contributed by atoms with E-state index in [4.69, 9.17) is 0 Å². The van der Waals surface area contributed by atoms with Crippen molar-refractivity contribution in [2.75, 3.05) is 0 Å². The van der Waals surface area contributed by atoms with E-state index in [1.807, 2.05) is 37.3 Å². The lowest BCUT2D eigenvalue weighted by Crippen LogP contribution is -2.10. The highest BCUT2D eigenvalue weighted by Crippen LogP contribution is 2.52. The van der Waals surface area contributed by atoms with Crippen LogP contribution in [-0.2, 0) is 0 Å². The number of rotatable bonds is 6. The van der Waals surface area contributed by atoms with Crippen LogP contribution in [0.15, 0.2) is 30.3 Å². The first kappa shape index (κ1) is 13.3. The van der Waals surface area contributed by atoms with E-state index in [-0.39, 0.29) is 23.7 Å². The number of Topliss-reactive ketones (excluding diaryl/α,β-unsaturated/α-hetero) is 1. The molecule has 1 aromatic carbocycles. The fourth-order valence-electron chi connectivity index (χ4n) is 3.03. The van der Waals surface area contributed by atoms with Gasteiger partial charge >= 0.3 is 0 Å². The Bertz CT molecular complexity index is 397. The van der Waals surface area contributed by atoms with Crippen LogP contribution in [0.4, 0.5) is 0 Å². The van der Waals surface area contributed by atoms with Crippen LogP contribution in [0.5, 0.6) is 0 Å². The minimum absolute atomic E-state index is 0.0407. The summed E-state index contributed by atoms with van der Waals surface area (Å²) in [5.74, 6) is 0.809. The van der Waals surface area contributed by atoms with Crippen molar-refractivity contribution in [2.45, 2.75) is 39.2 Å². The minimum Gasteiger partial charge on any atom is -0.393 e. The fourth-order valence-corrected chi connectivity index (χ4v) is 3.03. The predicted octanol–water partition coefficient (Wildman–Crippen LogP) is 3.30. The highest BCUT2D eigenvalue weighted by atomic mass is 16.3. The molecule has 0 amide bonds. The average molecular weight is 246 g/mol. The van der Waals surface area contributed by atoms with Crippen LogP contribution in [0, 0.1) is 17.8 Å². The van der Waals surface area contributed by atoms with E-state index in [0.717, 1.165) is 24.8 Å². The van der Waals surface area contributed by atoms with Crippen molar-refractivity contribution in [2.24, 2.45) is 17.8 Å². The van der Waals surface area contributed by atoms with Gasteiger partial charge in [0.05, 0.1) is 6.10 Å². The number of hydrogen-bond acceptors (Lipinski definition) is 2. The smallest absolute Gasteiger partial charge is 0.166 e. The Kier molecular flexibility index (Phi) is 4.18. The normalized spacial score (nSPS) is 27.8. The van der Waals surface area contributed by atoms with E-state index >= 15 is 0 Å². The molecular weight excluding hydrogens is 224 g/mol. The molecule has 0 radical (unpaired) electrons. The van der Waals surface area contributed by atoms with Gasteiger partial charge in [-0.25, -0.2) is 0 Å². The first-order valence-corrected chi connectivity index (χ1v) is 6.94. The zero-order chi connectivity index (χ0) is 13.1. The molecule has 0 saturated heterocycles. The topological polar surface area (TPSA) is 37.3 Å². The van der Waals surface area contributed by atoms with Crippen LogP contribution in [0.25, 0.3) is 0 Å². The van der Waals surface area contributed by atoms with Gasteiger partial charge in [0.15, 0.2) is 5.78 Å². The maximum atomic E-state index is 12.4. The van der Waals surface area contributed by atoms with E-state index < -0.39 is 0 Å². The molecule has 1 aliphatic rings. The summed E-state index contributed by atoms with van der Waals surface area (Å²) >= 11 is 0. The lowest BCUT2D eigenvalue weighted by Gasteiger charge is -2.02. The number of ketones is 1. The predicted molar refractivity (Wildman–Crippen MR) is 72.4 cm³/mol. The van der Waals surface area contributed by atoms with E-state index in [9.17, 15) is 9.90 Å². The largest absolute Gasteiger partial charge is 0.393 e. The van der Waals surface area contributed by atoms with Crippen molar-refractivity contribution in [1.82, 2.24) is 0 Å². The van der Waals surface area contributed by atoms with Crippen LogP contribution < -0.4 is 0 Å². The van der Waals surface area contributed by atoms with Crippen molar-refractivity contribution in [3.05, 3.63) is 35.9 Å². The second kappa shape index (κ2) is 5.66. The molecule has 0 spiro atoms. The molecule has 0 heterocycles. The van der Waals surface area contributed by atoms with E-state index in [0.29, 0.717) is 5.92 Å². The molecule has 1 saturated carbocycles. The van der Waals surface area contributed by atoms with Gasteiger partial charge in [-0.1, -0.05) is 50.1 Å². The van der Waals surface area contributed by atoms with Gasteiger partial charge < -0.3 is 5.11 Å². The van der Waals surface area contributed by atoms with Crippen LogP contribution >= 0.6 is 0 Å². The van der Waals surface area contributed by atoms with Gasteiger partial charge in [0.1, 0.15) is 0 Å². The summed E-state index contributed by atoms with van der Waals surface area (Å²) in [5, 5.41) is 9.78. The molecule has 4 atom stereocenters. The Morgan fingerprint density at radius 2 is 2.00 bits per heavy atom. The van der Waals surface area contributed by atoms with Crippen molar-refractivity contribution in [3.8, 4) is 0 Å². The van der Waals surface area contributed by atoms with Crippen molar-refractivity contribution >= 4 is 5.78 Å². The monoisotopic (exact) mass is 246 g/mol. The third kappa shape index (κ3) is 2.64. The van der Waals surface area contributed by atoms with Crippen LogP contribution in [0.1, 0.15) is 43.5 Å². The average Bonchev–Trinajstić information content (AvgIpc) is 3.11. The highest BCUT2D eigenvalue weighted by Gasteiger charge is 2.55. The van der Waals surface area contributed by atoms with Crippen molar-refractivity contribution < 1.29 is 9.90 Å². The molecule has 1 fully saturated rings. The Morgan fingerprint density at radius 1 is 1.33 bits per heavy atom. The van der Waals surface area contributed by atoms with Gasteiger partial charge in [-0.15, -0.1) is 0 Å². The second-order valence-electron chi connectivity index (χ2n) is 5.38. The molecule has 1 aromatic rings. The first-order chi connectivity index (χ1) is 8.66. The fraction of sp³-hybridized carbons (Fsp3) is 0.562. The molecule has 0 aromatic heterocycles. The molecule has 0 unspecified atom stereocenters. The van der Waals surface area contributed by atoms with Crippen LogP contribution in [0.3, 0.4) is 0 Å². The van der Waals surface area contributed by atoms with Gasteiger partial charge in [0, 0.05) is 11.5 Å². The SMILES string of the molecule is CCCC[C@@H]1[C@@H](C(=O)c2ccccc2)[C@@H]1[C@@H](C)O. The maximum Gasteiger partial charge on any atom is 0.166 e. The molecule has 2 nitrogen and oxygen atoms in total. The van der Waals surface area contributed by atoms with Crippen molar-refractivity contribution in [1.29, 1.82) is 0 Å². The number of aliphatic hydroxyl groups excluding tert-OH is 1. The Hall–Kier alpha value is -1.15. The minimum atomic E-state index is -0.371. The molecule has 2 rings (SSSR count). The lowest BCUT2D eigenvalue weighted by atomic mass is 10.0. The summed E-state index contributed by atoms with van der Waals surface area (Å²) in [6.45, 7) is 3.97. The van der Waals surface area contributed by atoms with Crippen LogP contribution in [-0.4, -0.2) is 17.0 Å². The second-order valence-corrected chi connectivity index (χ2v) is 5.38. The van der Waals surface area contributed by atoms with E-state index in [1.165, 1.54) is 0 Å². The summed E-state index contributed by atoms with van der Waals surface area (Å²) in [6, 6.07) is 9.46. The van der Waals surface area contributed by atoms with Gasteiger partial charge in [-0.05, 0) is 25.2 Å². The number of carbonyl (C=O) groups is 1.